The molecular weight excluding hydrogens is 219 g/mol. The number of nitrogens with zero attached hydrogens (tertiary/aromatic N) is 3. The highest BCUT2D eigenvalue weighted by molar-refractivity contribution is 5.49. The molecule has 5 heteroatoms. The number of hydrogen-bond acceptors (Lipinski definition) is 4. The third-order valence-electron chi connectivity index (χ3n) is 2.88. The average molecular weight is 230 g/mol. The average Bonchev–Trinajstić information content (AvgIpc) is 2.75. The molecule has 2 N–H and O–H groups in total. The number of nitrogens with two attached hydrogens (primary N) is 1. The van der Waals surface area contributed by atoms with Crippen molar-refractivity contribution in [2.45, 2.75) is 13.1 Å². The van der Waals surface area contributed by atoms with Gasteiger partial charge in [-0.25, -0.2) is 9.37 Å². The fourth-order valence-electron chi connectivity index (χ4n) is 2.08. The SMILES string of the molecule is Nc1ncc(F)c(N2Cc3ccccc3C2)n1. The molecule has 0 aliphatic carbocycles. The van der Waals surface area contributed by atoms with E-state index in [1.54, 1.807) is 0 Å². The van der Waals surface area contributed by atoms with Gasteiger partial charge in [-0.2, -0.15) is 4.98 Å². The summed E-state index contributed by atoms with van der Waals surface area (Å²) in [5, 5.41) is 0. The highest BCUT2D eigenvalue weighted by atomic mass is 19.1. The number of rotatable bonds is 1. The van der Waals surface area contributed by atoms with Crippen LogP contribution in [0.4, 0.5) is 16.2 Å². The van der Waals surface area contributed by atoms with Crippen molar-refractivity contribution in [3.8, 4) is 0 Å². The van der Waals surface area contributed by atoms with Crippen LogP contribution in [0.25, 0.3) is 0 Å². The first kappa shape index (κ1) is 10.0. The Morgan fingerprint density at radius 2 is 1.82 bits per heavy atom. The molecule has 2 aromatic rings. The molecule has 1 aliphatic rings. The van der Waals surface area contributed by atoms with Crippen LogP contribution in [0.15, 0.2) is 30.5 Å². The fraction of sp³-hybridized carbons (Fsp3) is 0.167. The molecule has 0 unspecified atom stereocenters. The fourth-order valence-corrected chi connectivity index (χ4v) is 2.08. The number of anilines is 2. The number of aromatic nitrogens is 2. The minimum absolute atomic E-state index is 0.0948. The molecule has 3 rings (SSSR count). The molecule has 0 fully saturated rings. The molecule has 86 valence electrons. The molecule has 0 radical (unpaired) electrons. The summed E-state index contributed by atoms with van der Waals surface area (Å²) in [7, 11) is 0. The monoisotopic (exact) mass is 230 g/mol. The Bertz CT molecular complexity index is 545. The lowest BCUT2D eigenvalue weighted by Gasteiger charge is -2.16. The predicted octanol–water partition coefficient (Wildman–Crippen LogP) is 1.72. The highest BCUT2D eigenvalue weighted by Gasteiger charge is 2.22. The van der Waals surface area contributed by atoms with Gasteiger partial charge < -0.3 is 10.6 Å². The van der Waals surface area contributed by atoms with E-state index in [0.29, 0.717) is 13.1 Å². The van der Waals surface area contributed by atoms with E-state index in [2.05, 4.69) is 9.97 Å². The molecule has 1 aromatic carbocycles. The van der Waals surface area contributed by atoms with Crippen LogP contribution in [0.1, 0.15) is 11.1 Å². The van der Waals surface area contributed by atoms with E-state index in [1.807, 2.05) is 29.2 Å². The Hall–Kier alpha value is -2.17. The van der Waals surface area contributed by atoms with Crippen molar-refractivity contribution in [1.82, 2.24) is 9.97 Å². The zero-order valence-electron chi connectivity index (χ0n) is 9.10. The van der Waals surface area contributed by atoms with Gasteiger partial charge in [0.2, 0.25) is 5.95 Å². The summed E-state index contributed by atoms with van der Waals surface area (Å²) in [6.07, 6.45) is 1.11. The van der Waals surface area contributed by atoms with Gasteiger partial charge in [0.05, 0.1) is 6.20 Å². The second-order valence-electron chi connectivity index (χ2n) is 4.02. The van der Waals surface area contributed by atoms with Crippen LogP contribution in [0, 0.1) is 5.82 Å². The highest BCUT2D eigenvalue weighted by Crippen LogP contribution is 2.28. The van der Waals surface area contributed by atoms with Crippen molar-refractivity contribution in [1.29, 1.82) is 0 Å². The third-order valence-corrected chi connectivity index (χ3v) is 2.88. The first-order valence-corrected chi connectivity index (χ1v) is 5.34. The number of benzene rings is 1. The number of fused-ring (bicyclic) bond motifs is 1. The van der Waals surface area contributed by atoms with E-state index in [9.17, 15) is 4.39 Å². The van der Waals surface area contributed by atoms with E-state index in [-0.39, 0.29) is 11.8 Å². The van der Waals surface area contributed by atoms with Crippen LogP contribution < -0.4 is 10.6 Å². The van der Waals surface area contributed by atoms with E-state index < -0.39 is 5.82 Å². The second kappa shape index (κ2) is 3.69. The van der Waals surface area contributed by atoms with Crippen LogP contribution in [-0.2, 0) is 13.1 Å². The van der Waals surface area contributed by atoms with Crippen LogP contribution in [0.2, 0.25) is 0 Å². The number of hydrogen-bond donors (Lipinski definition) is 1. The van der Waals surface area contributed by atoms with Crippen molar-refractivity contribution >= 4 is 11.8 Å². The molecule has 17 heavy (non-hydrogen) atoms. The summed E-state index contributed by atoms with van der Waals surface area (Å²) in [5.41, 5.74) is 7.88. The number of halogens is 1. The molecule has 4 nitrogen and oxygen atoms in total. The lowest BCUT2D eigenvalue weighted by molar-refractivity contribution is 0.605. The van der Waals surface area contributed by atoms with E-state index in [4.69, 9.17) is 5.73 Å². The van der Waals surface area contributed by atoms with Gasteiger partial charge in [0, 0.05) is 13.1 Å². The standard InChI is InChI=1S/C12H11FN4/c13-10-5-15-12(14)16-11(10)17-6-8-3-1-2-4-9(8)7-17/h1-5H,6-7H2,(H2,14,15,16). The minimum atomic E-state index is -0.438. The Morgan fingerprint density at radius 3 is 2.47 bits per heavy atom. The van der Waals surface area contributed by atoms with Gasteiger partial charge >= 0.3 is 0 Å². The van der Waals surface area contributed by atoms with E-state index in [0.717, 1.165) is 6.20 Å². The van der Waals surface area contributed by atoms with Crippen LogP contribution in [0.5, 0.6) is 0 Å². The maximum atomic E-state index is 13.6. The quantitative estimate of drug-likeness (QED) is 0.810. The predicted molar refractivity (Wildman–Crippen MR) is 62.7 cm³/mol. The van der Waals surface area contributed by atoms with Crippen molar-refractivity contribution in [2.75, 3.05) is 10.6 Å². The van der Waals surface area contributed by atoms with E-state index >= 15 is 0 Å². The Kier molecular flexibility index (Phi) is 2.18. The van der Waals surface area contributed by atoms with E-state index in [1.165, 1.54) is 11.1 Å². The normalized spacial score (nSPS) is 13.8. The molecule has 0 amide bonds. The van der Waals surface area contributed by atoms with Gasteiger partial charge in [0.15, 0.2) is 11.6 Å². The summed E-state index contributed by atoms with van der Waals surface area (Å²) >= 11 is 0. The first-order chi connectivity index (χ1) is 8.24. The van der Waals surface area contributed by atoms with Crippen molar-refractivity contribution in [3.63, 3.8) is 0 Å². The molecule has 2 heterocycles. The lowest BCUT2D eigenvalue weighted by atomic mass is 10.1. The Morgan fingerprint density at radius 1 is 1.18 bits per heavy atom. The van der Waals surface area contributed by atoms with Crippen LogP contribution >= 0.6 is 0 Å². The van der Waals surface area contributed by atoms with Gasteiger partial charge in [0.25, 0.3) is 0 Å². The summed E-state index contributed by atoms with van der Waals surface area (Å²) in [4.78, 5) is 9.44. The Labute approximate surface area is 97.9 Å². The zero-order chi connectivity index (χ0) is 11.8. The molecule has 1 aliphatic heterocycles. The Balaban J connectivity index is 1.96. The minimum Gasteiger partial charge on any atom is -0.368 e. The summed E-state index contributed by atoms with van der Waals surface area (Å²) in [6.45, 7) is 1.31. The summed E-state index contributed by atoms with van der Waals surface area (Å²) < 4.78 is 13.6. The van der Waals surface area contributed by atoms with Gasteiger partial charge in [0.1, 0.15) is 0 Å². The van der Waals surface area contributed by atoms with Crippen molar-refractivity contribution < 1.29 is 4.39 Å². The topological polar surface area (TPSA) is 55.0 Å². The molecule has 0 spiro atoms. The van der Waals surface area contributed by atoms with Crippen molar-refractivity contribution in [2.24, 2.45) is 0 Å². The van der Waals surface area contributed by atoms with Crippen LogP contribution in [-0.4, -0.2) is 9.97 Å². The van der Waals surface area contributed by atoms with Crippen LogP contribution in [0.3, 0.4) is 0 Å². The van der Waals surface area contributed by atoms with Gasteiger partial charge in [-0.05, 0) is 11.1 Å². The molecule has 1 aromatic heterocycles. The van der Waals surface area contributed by atoms with Gasteiger partial charge in [-0.15, -0.1) is 0 Å². The molecule has 0 atom stereocenters. The third kappa shape index (κ3) is 1.69. The first-order valence-electron chi connectivity index (χ1n) is 5.34. The number of nitrogen functional groups attached to an aromatic ring is 1. The molecule has 0 saturated heterocycles. The van der Waals surface area contributed by atoms with Crippen molar-refractivity contribution in [3.05, 3.63) is 47.4 Å². The zero-order valence-corrected chi connectivity index (χ0v) is 9.10. The maximum Gasteiger partial charge on any atom is 0.222 e. The largest absolute Gasteiger partial charge is 0.368 e. The molecule has 0 bridgehead atoms. The maximum absolute atomic E-state index is 13.6. The second-order valence-corrected chi connectivity index (χ2v) is 4.02. The molecule has 0 saturated carbocycles. The molecular formula is C12H11FN4. The van der Waals surface area contributed by atoms with Gasteiger partial charge in [-0.1, -0.05) is 24.3 Å². The summed E-state index contributed by atoms with van der Waals surface area (Å²) in [6, 6.07) is 8.04. The smallest absolute Gasteiger partial charge is 0.222 e. The van der Waals surface area contributed by atoms with Gasteiger partial charge in [-0.3, -0.25) is 0 Å². The lowest BCUT2D eigenvalue weighted by Crippen LogP contribution is -2.18. The summed E-state index contributed by atoms with van der Waals surface area (Å²) in [5.74, 6) is -0.0712.